The first-order chi connectivity index (χ1) is 16.4. The molecule has 0 aliphatic heterocycles. The first-order valence-corrected chi connectivity index (χ1v) is 11.4. The Labute approximate surface area is 204 Å². The van der Waals surface area contributed by atoms with Crippen LogP contribution in [0.2, 0.25) is 5.02 Å². The van der Waals surface area contributed by atoms with Crippen molar-refractivity contribution in [2.24, 2.45) is 12.1 Å². The minimum atomic E-state index is -0.557. The fraction of sp³-hybridized carbons (Fsp3) is 0.192. The minimum Gasteiger partial charge on any atom is -0.372 e. The number of carbonyl (C=O) groups excluding carboxylic acids is 2. The second-order valence-corrected chi connectivity index (χ2v) is 7.91. The molecule has 0 aliphatic carbocycles. The van der Waals surface area contributed by atoms with Gasteiger partial charge in [0.25, 0.3) is 11.8 Å². The number of halogens is 1. The number of nitrogens with zero attached hydrogens (tertiary/aromatic N) is 3. The summed E-state index contributed by atoms with van der Waals surface area (Å²) in [4.78, 5) is 28.0. The molecule has 0 aliphatic rings. The molecule has 0 spiro atoms. The second kappa shape index (κ2) is 11.9. The Hall–Kier alpha value is -3.84. The highest BCUT2D eigenvalue weighted by Gasteiger charge is 2.16. The number of hydrogen-bond acceptors (Lipinski definition) is 4. The number of aryl methyl sites for hydroxylation is 1. The largest absolute Gasteiger partial charge is 0.372 e. The van der Waals surface area contributed by atoms with Crippen LogP contribution >= 0.6 is 11.6 Å². The lowest BCUT2D eigenvalue weighted by atomic mass is 10.1. The van der Waals surface area contributed by atoms with Crippen molar-refractivity contribution in [1.82, 2.24) is 15.3 Å². The van der Waals surface area contributed by atoms with Crippen molar-refractivity contribution in [2.45, 2.75) is 13.8 Å². The van der Waals surface area contributed by atoms with Gasteiger partial charge in [-0.25, -0.2) is 5.43 Å². The van der Waals surface area contributed by atoms with E-state index in [9.17, 15) is 9.59 Å². The molecular weight excluding hydrogens is 450 g/mol. The molecule has 176 valence electrons. The second-order valence-electron chi connectivity index (χ2n) is 7.50. The van der Waals surface area contributed by atoms with E-state index in [0.717, 1.165) is 30.0 Å². The van der Waals surface area contributed by atoms with Crippen molar-refractivity contribution in [1.29, 1.82) is 0 Å². The molecule has 2 aromatic carbocycles. The fourth-order valence-electron chi connectivity index (χ4n) is 3.36. The zero-order valence-corrected chi connectivity index (χ0v) is 20.2. The molecule has 0 unspecified atom stereocenters. The van der Waals surface area contributed by atoms with E-state index < -0.39 is 11.8 Å². The van der Waals surface area contributed by atoms with Gasteiger partial charge in [-0.2, -0.15) is 5.10 Å². The third kappa shape index (κ3) is 6.36. The number of carbonyl (C=O) groups is 2. The Morgan fingerprint density at radius 2 is 1.74 bits per heavy atom. The number of amides is 2. The van der Waals surface area contributed by atoms with Gasteiger partial charge >= 0.3 is 0 Å². The summed E-state index contributed by atoms with van der Waals surface area (Å²) in [6.07, 6.45) is 5.01. The van der Waals surface area contributed by atoms with Gasteiger partial charge in [0.1, 0.15) is 5.70 Å². The van der Waals surface area contributed by atoms with Gasteiger partial charge in [-0.3, -0.25) is 9.59 Å². The van der Waals surface area contributed by atoms with Gasteiger partial charge in [-0.15, -0.1) is 0 Å². The van der Waals surface area contributed by atoms with E-state index >= 15 is 0 Å². The van der Waals surface area contributed by atoms with Gasteiger partial charge in [-0.1, -0.05) is 35.9 Å². The van der Waals surface area contributed by atoms with E-state index in [1.807, 2.05) is 54.2 Å². The lowest BCUT2D eigenvalue weighted by Crippen LogP contribution is -2.33. The van der Waals surface area contributed by atoms with Crippen molar-refractivity contribution in [3.8, 4) is 0 Å². The van der Waals surface area contributed by atoms with Gasteiger partial charge in [0.2, 0.25) is 0 Å². The van der Waals surface area contributed by atoms with Gasteiger partial charge in [0, 0.05) is 32.0 Å². The molecule has 3 aromatic rings. The van der Waals surface area contributed by atoms with Crippen molar-refractivity contribution in [2.75, 3.05) is 18.0 Å². The summed E-state index contributed by atoms with van der Waals surface area (Å²) in [6.45, 7) is 5.98. The van der Waals surface area contributed by atoms with Crippen molar-refractivity contribution in [3.63, 3.8) is 0 Å². The van der Waals surface area contributed by atoms with E-state index in [2.05, 4.69) is 34.6 Å². The maximum absolute atomic E-state index is 12.9. The predicted molar refractivity (Wildman–Crippen MR) is 138 cm³/mol. The molecule has 0 bridgehead atoms. The average molecular weight is 478 g/mol. The van der Waals surface area contributed by atoms with Gasteiger partial charge in [0.05, 0.1) is 22.5 Å². The molecule has 3 rings (SSSR count). The molecule has 0 fully saturated rings. The summed E-state index contributed by atoms with van der Waals surface area (Å²) in [5, 5.41) is 6.99. The molecule has 0 saturated heterocycles. The monoisotopic (exact) mass is 477 g/mol. The highest BCUT2D eigenvalue weighted by Crippen LogP contribution is 2.18. The molecule has 2 N–H and O–H groups in total. The zero-order chi connectivity index (χ0) is 24.5. The number of benzene rings is 2. The molecule has 2 amide bonds. The Kier molecular flexibility index (Phi) is 8.65. The van der Waals surface area contributed by atoms with Crippen LogP contribution in [0.4, 0.5) is 5.69 Å². The summed E-state index contributed by atoms with van der Waals surface area (Å²) in [5.74, 6) is -1.04. The Morgan fingerprint density at radius 3 is 2.35 bits per heavy atom. The van der Waals surface area contributed by atoms with Crippen LogP contribution in [0.3, 0.4) is 0 Å². The van der Waals surface area contributed by atoms with Crippen molar-refractivity contribution in [3.05, 3.63) is 94.4 Å². The van der Waals surface area contributed by atoms with E-state index in [4.69, 9.17) is 11.6 Å². The van der Waals surface area contributed by atoms with Crippen LogP contribution in [0.15, 0.2) is 77.7 Å². The Morgan fingerprint density at radius 1 is 1.03 bits per heavy atom. The normalized spacial score (nSPS) is 11.5. The lowest BCUT2D eigenvalue weighted by molar-refractivity contribution is -0.117. The standard InChI is InChI=1S/C26H28ClN5O2/c1-4-32(5-2)20-14-12-19(13-15-20)17-24(29-25(33)22-10-6-7-11-23(22)27)26(34)30-28-18-21-9-8-16-31(21)3/h6-18H,4-5H2,1-3H3,(H,29,33)(H,30,34). The smallest absolute Gasteiger partial charge is 0.287 e. The van der Waals surface area contributed by atoms with Crippen LogP contribution in [-0.2, 0) is 11.8 Å². The van der Waals surface area contributed by atoms with Crippen LogP contribution in [-0.4, -0.2) is 35.7 Å². The van der Waals surface area contributed by atoms with Crippen LogP contribution in [0.25, 0.3) is 6.08 Å². The molecule has 34 heavy (non-hydrogen) atoms. The van der Waals surface area contributed by atoms with E-state index in [1.54, 1.807) is 30.3 Å². The maximum atomic E-state index is 12.9. The quantitative estimate of drug-likeness (QED) is 0.271. The third-order valence-electron chi connectivity index (χ3n) is 5.29. The Balaban J connectivity index is 1.85. The van der Waals surface area contributed by atoms with Crippen molar-refractivity contribution >= 4 is 41.4 Å². The van der Waals surface area contributed by atoms with Gasteiger partial charge in [0.15, 0.2) is 0 Å². The highest BCUT2D eigenvalue weighted by molar-refractivity contribution is 6.34. The molecular formula is C26H28ClN5O2. The SMILES string of the molecule is CCN(CC)c1ccc(C=C(NC(=O)c2ccccc2Cl)C(=O)NN=Cc2cccn2C)cc1. The summed E-state index contributed by atoms with van der Waals surface area (Å²) in [6, 6.07) is 18.2. The van der Waals surface area contributed by atoms with Crippen LogP contribution < -0.4 is 15.6 Å². The van der Waals surface area contributed by atoms with Crippen molar-refractivity contribution < 1.29 is 9.59 Å². The third-order valence-corrected chi connectivity index (χ3v) is 5.62. The number of aromatic nitrogens is 1. The van der Waals surface area contributed by atoms with E-state index in [-0.39, 0.29) is 11.3 Å². The molecule has 1 heterocycles. The van der Waals surface area contributed by atoms with Crippen LogP contribution in [0, 0.1) is 0 Å². The average Bonchev–Trinajstić information content (AvgIpc) is 3.25. The summed E-state index contributed by atoms with van der Waals surface area (Å²) in [7, 11) is 1.88. The van der Waals surface area contributed by atoms with Gasteiger partial charge < -0.3 is 14.8 Å². The Bertz CT molecular complexity index is 1190. The number of rotatable bonds is 9. The van der Waals surface area contributed by atoms with E-state index in [0.29, 0.717) is 5.02 Å². The molecule has 0 atom stereocenters. The van der Waals surface area contributed by atoms with Crippen LogP contribution in [0.5, 0.6) is 0 Å². The maximum Gasteiger partial charge on any atom is 0.287 e. The molecule has 1 aromatic heterocycles. The topological polar surface area (TPSA) is 78.7 Å². The highest BCUT2D eigenvalue weighted by atomic mass is 35.5. The summed E-state index contributed by atoms with van der Waals surface area (Å²) < 4.78 is 1.86. The molecule has 0 saturated carbocycles. The summed E-state index contributed by atoms with van der Waals surface area (Å²) >= 11 is 6.16. The zero-order valence-electron chi connectivity index (χ0n) is 19.5. The summed E-state index contributed by atoms with van der Waals surface area (Å²) in [5.41, 5.74) is 5.45. The fourth-order valence-corrected chi connectivity index (χ4v) is 3.58. The number of nitrogens with one attached hydrogen (secondary N) is 2. The van der Waals surface area contributed by atoms with Gasteiger partial charge in [-0.05, 0) is 61.9 Å². The minimum absolute atomic E-state index is 0.0459. The van der Waals surface area contributed by atoms with E-state index in [1.165, 1.54) is 6.21 Å². The first-order valence-electron chi connectivity index (χ1n) is 11.0. The predicted octanol–water partition coefficient (Wildman–Crippen LogP) is 4.45. The molecule has 0 radical (unpaired) electrons. The molecule has 8 heteroatoms. The number of hydrazone groups is 1. The first kappa shape index (κ1) is 24.8. The number of hydrogen-bond donors (Lipinski definition) is 2. The molecule has 7 nitrogen and oxygen atoms in total. The van der Waals surface area contributed by atoms with Crippen LogP contribution in [0.1, 0.15) is 35.5 Å². The lowest BCUT2D eigenvalue weighted by Gasteiger charge is -2.21. The number of anilines is 1.